The summed E-state index contributed by atoms with van der Waals surface area (Å²) >= 11 is 0. The van der Waals surface area contributed by atoms with Gasteiger partial charge in [0.25, 0.3) is 0 Å². The molecule has 1 fully saturated rings. The van der Waals surface area contributed by atoms with Crippen LogP contribution in [0.4, 0.5) is 0 Å². The lowest BCUT2D eigenvalue weighted by Crippen LogP contribution is -2.29. The van der Waals surface area contributed by atoms with E-state index in [-0.39, 0.29) is 5.91 Å². The molecule has 2 aromatic heterocycles. The molecule has 1 aliphatic heterocycles. The SMILES string of the molecule is Cc1cn[nH]c1[C@@H]1CCN(C(=O)Cc2c[nH]c3ccccc23)C1. The molecule has 2 N–H and O–H groups in total. The zero-order valence-electron chi connectivity index (χ0n) is 13.2. The number of carbonyl (C=O) groups excluding carboxylic acids is 1. The predicted octanol–water partition coefficient (Wildman–Crippen LogP) is 2.76. The molecule has 0 spiro atoms. The van der Waals surface area contributed by atoms with E-state index in [0.29, 0.717) is 12.3 Å². The Balaban J connectivity index is 1.47. The summed E-state index contributed by atoms with van der Waals surface area (Å²) in [6, 6.07) is 8.12. The maximum absolute atomic E-state index is 12.6. The van der Waals surface area contributed by atoms with Crippen molar-refractivity contribution in [1.29, 1.82) is 0 Å². The van der Waals surface area contributed by atoms with Crippen molar-refractivity contribution in [2.45, 2.75) is 25.7 Å². The number of aromatic nitrogens is 3. The standard InChI is InChI=1S/C18H20N4O/c1-12-9-20-21-18(12)13-6-7-22(11-13)17(23)8-14-10-19-16-5-3-2-4-15(14)16/h2-5,9-10,13,19H,6-8,11H2,1H3,(H,20,21)/t13-/m1/s1. The minimum absolute atomic E-state index is 0.203. The molecule has 118 valence electrons. The number of aromatic amines is 2. The first-order valence-corrected chi connectivity index (χ1v) is 8.05. The first-order chi connectivity index (χ1) is 11.2. The number of fused-ring (bicyclic) bond motifs is 1. The number of nitrogens with zero attached hydrogens (tertiary/aromatic N) is 2. The monoisotopic (exact) mass is 308 g/mol. The third-order valence-electron chi connectivity index (χ3n) is 4.83. The van der Waals surface area contributed by atoms with E-state index in [1.54, 1.807) is 0 Å². The van der Waals surface area contributed by atoms with E-state index in [1.807, 2.05) is 35.5 Å². The van der Waals surface area contributed by atoms with E-state index in [2.05, 4.69) is 28.2 Å². The molecule has 0 aliphatic carbocycles. The van der Waals surface area contributed by atoms with Gasteiger partial charge in [0.1, 0.15) is 0 Å². The number of para-hydroxylation sites is 1. The molecule has 23 heavy (non-hydrogen) atoms. The summed E-state index contributed by atoms with van der Waals surface area (Å²) in [5.74, 6) is 0.582. The lowest BCUT2D eigenvalue weighted by atomic mass is 10.0. The normalized spacial score (nSPS) is 18.0. The van der Waals surface area contributed by atoms with E-state index in [0.717, 1.165) is 36.0 Å². The van der Waals surface area contributed by atoms with Gasteiger partial charge in [-0.1, -0.05) is 18.2 Å². The fourth-order valence-electron chi connectivity index (χ4n) is 3.54. The van der Waals surface area contributed by atoms with Crippen molar-refractivity contribution in [2.24, 2.45) is 0 Å². The van der Waals surface area contributed by atoms with Crippen LogP contribution < -0.4 is 0 Å². The van der Waals surface area contributed by atoms with E-state index < -0.39 is 0 Å². The van der Waals surface area contributed by atoms with Crippen LogP contribution in [0.1, 0.15) is 29.2 Å². The Kier molecular flexibility index (Phi) is 3.41. The number of H-pyrrole nitrogens is 2. The molecule has 1 aliphatic rings. The Morgan fingerprint density at radius 1 is 1.39 bits per heavy atom. The van der Waals surface area contributed by atoms with Crippen LogP contribution in [0.5, 0.6) is 0 Å². The van der Waals surface area contributed by atoms with Crippen molar-refractivity contribution in [3.63, 3.8) is 0 Å². The Hall–Kier alpha value is -2.56. The van der Waals surface area contributed by atoms with Gasteiger partial charge in [-0.2, -0.15) is 5.10 Å². The van der Waals surface area contributed by atoms with E-state index in [1.165, 1.54) is 11.3 Å². The number of hydrogen-bond donors (Lipinski definition) is 2. The minimum Gasteiger partial charge on any atom is -0.361 e. The topological polar surface area (TPSA) is 64.8 Å². The third kappa shape index (κ3) is 2.52. The first-order valence-electron chi connectivity index (χ1n) is 8.05. The lowest BCUT2D eigenvalue weighted by Gasteiger charge is -2.16. The van der Waals surface area contributed by atoms with Crippen molar-refractivity contribution in [1.82, 2.24) is 20.1 Å². The van der Waals surface area contributed by atoms with Crippen molar-refractivity contribution < 1.29 is 4.79 Å². The highest BCUT2D eigenvalue weighted by molar-refractivity contribution is 5.89. The molecule has 0 saturated carbocycles. The van der Waals surface area contributed by atoms with Gasteiger partial charge < -0.3 is 9.88 Å². The van der Waals surface area contributed by atoms with E-state index in [9.17, 15) is 4.79 Å². The van der Waals surface area contributed by atoms with Gasteiger partial charge in [0, 0.05) is 41.8 Å². The van der Waals surface area contributed by atoms with Gasteiger partial charge in [-0.05, 0) is 30.5 Å². The molecule has 1 saturated heterocycles. The summed E-state index contributed by atoms with van der Waals surface area (Å²) < 4.78 is 0. The van der Waals surface area contributed by atoms with Gasteiger partial charge in [0.05, 0.1) is 12.6 Å². The number of likely N-dealkylation sites (tertiary alicyclic amines) is 1. The fourth-order valence-corrected chi connectivity index (χ4v) is 3.54. The van der Waals surface area contributed by atoms with Gasteiger partial charge in [-0.25, -0.2) is 0 Å². The second-order valence-corrected chi connectivity index (χ2v) is 6.33. The third-order valence-corrected chi connectivity index (χ3v) is 4.83. The molecular formula is C18H20N4O. The maximum atomic E-state index is 12.6. The molecule has 5 nitrogen and oxygen atoms in total. The Labute approximate surface area is 134 Å². The number of amides is 1. The number of rotatable bonds is 3. The van der Waals surface area contributed by atoms with Crippen LogP contribution >= 0.6 is 0 Å². The van der Waals surface area contributed by atoms with Crippen LogP contribution in [0.3, 0.4) is 0 Å². The summed E-state index contributed by atoms with van der Waals surface area (Å²) in [4.78, 5) is 17.9. The first kappa shape index (κ1) is 14.1. The van der Waals surface area contributed by atoms with Gasteiger partial charge >= 0.3 is 0 Å². The Bertz CT molecular complexity index is 847. The summed E-state index contributed by atoms with van der Waals surface area (Å²) in [6.07, 6.45) is 5.27. The molecular weight excluding hydrogens is 288 g/mol. The van der Waals surface area contributed by atoms with Crippen LogP contribution in [0, 0.1) is 6.92 Å². The predicted molar refractivity (Wildman–Crippen MR) is 89.3 cm³/mol. The molecule has 5 heteroatoms. The quantitative estimate of drug-likeness (QED) is 0.781. The summed E-state index contributed by atoms with van der Waals surface area (Å²) in [5, 5.41) is 8.32. The highest BCUT2D eigenvalue weighted by atomic mass is 16.2. The lowest BCUT2D eigenvalue weighted by molar-refractivity contribution is -0.129. The highest BCUT2D eigenvalue weighted by Crippen LogP contribution is 2.28. The second kappa shape index (κ2) is 5.57. The van der Waals surface area contributed by atoms with Gasteiger partial charge in [0.2, 0.25) is 5.91 Å². The molecule has 0 bridgehead atoms. The fraction of sp³-hybridized carbons (Fsp3) is 0.333. The number of aryl methyl sites for hydroxylation is 1. The van der Waals surface area contributed by atoms with Crippen molar-refractivity contribution in [3.8, 4) is 0 Å². The van der Waals surface area contributed by atoms with Crippen LogP contribution in [0.15, 0.2) is 36.7 Å². The average Bonchev–Trinajstić information content (AvgIpc) is 3.27. The van der Waals surface area contributed by atoms with Gasteiger partial charge in [0.15, 0.2) is 0 Å². The maximum Gasteiger partial charge on any atom is 0.227 e. The zero-order valence-corrected chi connectivity index (χ0v) is 13.2. The van der Waals surface area contributed by atoms with Crippen molar-refractivity contribution in [3.05, 3.63) is 53.5 Å². The molecule has 3 heterocycles. The number of carbonyl (C=O) groups is 1. The molecule has 1 aromatic carbocycles. The molecule has 4 rings (SSSR count). The Morgan fingerprint density at radius 2 is 2.26 bits per heavy atom. The van der Waals surface area contributed by atoms with Crippen LogP contribution in [-0.2, 0) is 11.2 Å². The van der Waals surface area contributed by atoms with Crippen LogP contribution in [0.25, 0.3) is 10.9 Å². The van der Waals surface area contributed by atoms with Gasteiger partial charge in [-0.15, -0.1) is 0 Å². The summed E-state index contributed by atoms with van der Waals surface area (Å²) in [6.45, 7) is 3.67. The highest BCUT2D eigenvalue weighted by Gasteiger charge is 2.29. The van der Waals surface area contributed by atoms with E-state index >= 15 is 0 Å². The van der Waals surface area contributed by atoms with Crippen LogP contribution in [0.2, 0.25) is 0 Å². The number of benzene rings is 1. The molecule has 0 radical (unpaired) electrons. The molecule has 1 amide bonds. The number of hydrogen-bond acceptors (Lipinski definition) is 2. The molecule has 1 atom stereocenters. The second-order valence-electron chi connectivity index (χ2n) is 6.33. The smallest absolute Gasteiger partial charge is 0.227 e. The average molecular weight is 308 g/mol. The zero-order chi connectivity index (χ0) is 15.8. The van der Waals surface area contributed by atoms with Crippen LogP contribution in [-0.4, -0.2) is 39.1 Å². The molecule has 3 aromatic rings. The van der Waals surface area contributed by atoms with Crippen molar-refractivity contribution in [2.75, 3.05) is 13.1 Å². The Morgan fingerprint density at radius 3 is 3.09 bits per heavy atom. The summed E-state index contributed by atoms with van der Waals surface area (Å²) in [7, 11) is 0. The largest absolute Gasteiger partial charge is 0.361 e. The van der Waals surface area contributed by atoms with Crippen molar-refractivity contribution >= 4 is 16.8 Å². The van der Waals surface area contributed by atoms with Gasteiger partial charge in [-0.3, -0.25) is 9.89 Å². The minimum atomic E-state index is 0.203. The summed E-state index contributed by atoms with van der Waals surface area (Å²) in [5.41, 5.74) is 4.52. The number of nitrogens with one attached hydrogen (secondary N) is 2. The van der Waals surface area contributed by atoms with E-state index in [4.69, 9.17) is 0 Å². The molecule has 0 unspecified atom stereocenters.